The Hall–Kier alpha value is -3.98. The second kappa shape index (κ2) is 10.2. The average Bonchev–Trinajstić information content (AvgIpc) is 3.33. The molecule has 1 aromatic carbocycles. The lowest BCUT2D eigenvalue weighted by molar-refractivity contribution is -0.385. The summed E-state index contributed by atoms with van der Waals surface area (Å²) >= 11 is 1.62. The van der Waals surface area contributed by atoms with E-state index in [0.717, 1.165) is 53.7 Å². The van der Waals surface area contributed by atoms with E-state index < -0.39 is 34.7 Å². The van der Waals surface area contributed by atoms with Crippen LogP contribution in [0.5, 0.6) is 0 Å². The molecule has 2 aromatic heterocycles. The minimum atomic E-state index is -4.74. The molecule has 0 fully saturated rings. The number of carbonyl (C=O) groups is 1. The van der Waals surface area contributed by atoms with Crippen LogP contribution in [0.2, 0.25) is 0 Å². The Labute approximate surface area is 214 Å². The van der Waals surface area contributed by atoms with Crippen molar-refractivity contribution < 1.29 is 22.9 Å². The molecule has 0 spiro atoms. The van der Waals surface area contributed by atoms with E-state index in [2.05, 4.69) is 16.6 Å². The number of hydrogen-bond acceptors (Lipinski definition) is 6. The number of nitrogens with one attached hydrogen (secondary N) is 1. The number of benzene rings is 1. The van der Waals surface area contributed by atoms with E-state index in [-0.39, 0.29) is 5.56 Å². The number of nitro groups is 1. The lowest BCUT2D eigenvalue weighted by atomic mass is 9.96. The van der Waals surface area contributed by atoms with Gasteiger partial charge in [0.25, 0.3) is 5.69 Å². The molecular formula is C25H22F3N5O3S. The maximum absolute atomic E-state index is 12.9. The molecule has 1 aliphatic rings. The van der Waals surface area contributed by atoms with Crippen LogP contribution in [0.15, 0.2) is 29.4 Å². The van der Waals surface area contributed by atoms with Crippen molar-refractivity contribution in [2.45, 2.75) is 52.1 Å². The van der Waals surface area contributed by atoms with Crippen molar-refractivity contribution in [3.8, 4) is 11.1 Å². The third kappa shape index (κ3) is 5.27. The fraction of sp³-hybridized carbons (Fsp3) is 0.320. The maximum atomic E-state index is 12.9. The number of rotatable bonds is 6. The molecule has 0 bridgehead atoms. The predicted molar refractivity (Wildman–Crippen MR) is 132 cm³/mol. The molecule has 0 radical (unpaired) electrons. The Morgan fingerprint density at radius 3 is 2.70 bits per heavy atom. The Bertz CT molecular complexity index is 1460. The summed E-state index contributed by atoms with van der Waals surface area (Å²) in [5.74, 6) is -0.717. The molecule has 1 aliphatic carbocycles. The van der Waals surface area contributed by atoms with E-state index in [9.17, 15) is 33.3 Å². The number of nitrogens with zero attached hydrogens (tertiary/aromatic N) is 4. The molecule has 1 amide bonds. The summed E-state index contributed by atoms with van der Waals surface area (Å²) in [6.45, 7) is 3.79. The second-order valence-corrected chi connectivity index (χ2v) is 9.82. The quantitative estimate of drug-likeness (QED) is 0.257. The molecule has 2 heterocycles. The van der Waals surface area contributed by atoms with Gasteiger partial charge in [0.05, 0.1) is 28.7 Å². The van der Waals surface area contributed by atoms with Crippen molar-refractivity contribution in [3.63, 3.8) is 0 Å². The Balaban J connectivity index is 1.52. The third-order valence-corrected chi connectivity index (χ3v) is 7.57. The first-order chi connectivity index (χ1) is 17.5. The Kier molecular flexibility index (Phi) is 7.18. The van der Waals surface area contributed by atoms with Gasteiger partial charge in [-0.25, -0.2) is 5.43 Å². The summed E-state index contributed by atoms with van der Waals surface area (Å²) in [6, 6.07) is 6.26. The van der Waals surface area contributed by atoms with Crippen LogP contribution in [0.4, 0.5) is 18.9 Å². The van der Waals surface area contributed by atoms with E-state index in [1.807, 2.05) is 24.5 Å². The van der Waals surface area contributed by atoms with Crippen molar-refractivity contribution in [1.29, 1.82) is 5.26 Å². The van der Waals surface area contributed by atoms with Crippen molar-refractivity contribution in [2.75, 3.05) is 0 Å². The highest BCUT2D eigenvalue weighted by atomic mass is 32.1. The number of carbonyl (C=O) groups excluding carboxylic acids is 1. The smallest absolute Gasteiger partial charge is 0.308 e. The van der Waals surface area contributed by atoms with Gasteiger partial charge in [0.15, 0.2) is 0 Å². The molecular weight excluding hydrogens is 507 g/mol. The minimum Gasteiger partial charge on any atom is -0.308 e. The SMILES string of the molecule is Cc1cc(/C=N\NC(=O)Cc2ccc(C(F)(F)F)cc2[N+](=O)[O-])c(C)n1-c1sc2c(c1C#N)CCCC2. The van der Waals surface area contributed by atoms with Crippen molar-refractivity contribution in [3.05, 3.63) is 78.5 Å². The maximum Gasteiger partial charge on any atom is 0.416 e. The molecule has 3 aromatic rings. The van der Waals surface area contributed by atoms with Gasteiger partial charge in [-0.1, -0.05) is 6.07 Å². The zero-order chi connectivity index (χ0) is 26.9. The molecule has 12 heteroatoms. The van der Waals surface area contributed by atoms with Crippen LogP contribution >= 0.6 is 11.3 Å². The molecule has 192 valence electrons. The first-order valence-corrected chi connectivity index (χ1v) is 12.2. The number of hydrazone groups is 1. The minimum absolute atomic E-state index is 0.158. The van der Waals surface area contributed by atoms with E-state index in [4.69, 9.17) is 0 Å². The average molecular weight is 530 g/mol. The van der Waals surface area contributed by atoms with Gasteiger partial charge < -0.3 is 4.57 Å². The highest BCUT2D eigenvalue weighted by Crippen LogP contribution is 2.38. The molecule has 0 unspecified atom stereocenters. The molecule has 0 saturated heterocycles. The van der Waals surface area contributed by atoms with Gasteiger partial charge >= 0.3 is 6.18 Å². The summed E-state index contributed by atoms with van der Waals surface area (Å²) in [5.41, 5.74) is 4.40. The number of halogens is 3. The van der Waals surface area contributed by atoms with Crippen LogP contribution in [0.3, 0.4) is 0 Å². The van der Waals surface area contributed by atoms with Crippen molar-refractivity contribution >= 4 is 29.1 Å². The van der Waals surface area contributed by atoms with Crippen LogP contribution in [-0.4, -0.2) is 21.6 Å². The third-order valence-electron chi connectivity index (χ3n) is 6.29. The highest BCUT2D eigenvalue weighted by Gasteiger charge is 2.33. The van der Waals surface area contributed by atoms with E-state index in [1.165, 1.54) is 11.1 Å². The van der Waals surface area contributed by atoms with Crippen LogP contribution < -0.4 is 5.43 Å². The highest BCUT2D eigenvalue weighted by molar-refractivity contribution is 7.15. The predicted octanol–water partition coefficient (Wildman–Crippen LogP) is 5.53. The van der Waals surface area contributed by atoms with Gasteiger partial charge in [0.2, 0.25) is 5.91 Å². The number of thiophene rings is 1. The molecule has 37 heavy (non-hydrogen) atoms. The number of nitro benzene ring substituents is 1. The number of nitriles is 1. The Morgan fingerprint density at radius 2 is 2.03 bits per heavy atom. The first-order valence-electron chi connectivity index (χ1n) is 11.4. The van der Waals surface area contributed by atoms with E-state index >= 15 is 0 Å². The van der Waals surface area contributed by atoms with Gasteiger partial charge in [0.1, 0.15) is 11.1 Å². The van der Waals surface area contributed by atoms with Gasteiger partial charge in [-0.3, -0.25) is 14.9 Å². The lowest BCUT2D eigenvalue weighted by Gasteiger charge is -2.10. The summed E-state index contributed by atoms with van der Waals surface area (Å²) < 4.78 is 40.7. The normalized spacial score (nSPS) is 13.4. The number of fused-ring (bicyclic) bond motifs is 1. The van der Waals surface area contributed by atoms with Crippen molar-refractivity contribution in [1.82, 2.24) is 9.99 Å². The summed E-state index contributed by atoms with van der Waals surface area (Å²) in [4.78, 5) is 23.9. The van der Waals surface area contributed by atoms with Crippen LogP contribution in [0.25, 0.3) is 5.00 Å². The van der Waals surface area contributed by atoms with Gasteiger partial charge in [0, 0.05) is 33.5 Å². The van der Waals surface area contributed by atoms with Gasteiger partial charge in [-0.15, -0.1) is 11.3 Å². The fourth-order valence-corrected chi connectivity index (χ4v) is 5.95. The molecule has 8 nitrogen and oxygen atoms in total. The van der Waals surface area contributed by atoms with E-state index in [0.29, 0.717) is 23.3 Å². The molecule has 4 rings (SSSR count). The Morgan fingerprint density at radius 1 is 1.30 bits per heavy atom. The number of amides is 1. The molecule has 1 N–H and O–H groups in total. The van der Waals surface area contributed by atoms with Gasteiger partial charge in [-0.2, -0.15) is 23.5 Å². The van der Waals surface area contributed by atoms with Crippen LogP contribution in [0.1, 0.15) is 56.9 Å². The number of alkyl halides is 3. The molecule has 0 atom stereocenters. The standard InChI is InChI=1S/C25H22F3N5O3S/c1-14-9-17(15(2)32(14)24-20(12-29)19-5-3-4-6-22(19)37-24)13-30-31-23(34)10-16-7-8-18(25(26,27)28)11-21(16)33(35)36/h7-9,11,13H,3-6,10H2,1-2H3,(H,31,34)/b30-13-. The number of aromatic nitrogens is 1. The van der Waals surface area contributed by atoms with Gasteiger partial charge in [-0.05, 0) is 57.2 Å². The number of hydrogen-bond donors (Lipinski definition) is 1. The molecule has 0 saturated carbocycles. The zero-order valence-corrected chi connectivity index (χ0v) is 20.8. The first kappa shape index (κ1) is 26.1. The largest absolute Gasteiger partial charge is 0.416 e. The zero-order valence-electron chi connectivity index (χ0n) is 20.0. The second-order valence-electron chi connectivity index (χ2n) is 8.73. The van der Waals surface area contributed by atoms with E-state index in [1.54, 1.807) is 11.3 Å². The van der Waals surface area contributed by atoms with Crippen molar-refractivity contribution in [2.24, 2.45) is 5.10 Å². The van der Waals surface area contributed by atoms with Crippen LogP contribution in [-0.2, 0) is 30.2 Å². The summed E-state index contributed by atoms with van der Waals surface area (Å²) in [5, 5.41) is 25.9. The fourth-order valence-electron chi connectivity index (χ4n) is 4.50. The lowest BCUT2D eigenvalue weighted by Crippen LogP contribution is -2.20. The summed E-state index contributed by atoms with van der Waals surface area (Å²) in [7, 11) is 0. The summed E-state index contributed by atoms with van der Waals surface area (Å²) in [6.07, 6.45) is 0.202. The monoisotopic (exact) mass is 529 g/mol. The molecule has 0 aliphatic heterocycles. The number of aryl methyl sites for hydroxylation is 2. The van der Waals surface area contributed by atoms with Crippen LogP contribution in [0, 0.1) is 35.3 Å². The topological polar surface area (TPSA) is 113 Å².